The van der Waals surface area contributed by atoms with Crippen molar-refractivity contribution in [1.82, 2.24) is 5.32 Å². The fraction of sp³-hybridized carbons (Fsp3) is 0.211. The number of urea groups is 1. The first-order valence-corrected chi connectivity index (χ1v) is 7.86. The van der Waals surface area contributed by atoms with Crippen LogP contribution >= 0.6 is 0 Å². The summed E-state index contributed by atoms with van der Waals surface area (Å²) in [4.78, 5) is 28.2. The zero-order valence-corrected chi connectivity index (χ0v) is 13.6. The minimum absolute atomic E-state index is 0.132. The minimum atomic E-state index is -0.758. The van der Waals surface area contributed by atoms with Crippen molar-refractivity contribution in [2.45, 2.75) is 19.6 Å². The fourth-order valence-corrected chi connectivity index (χ4v) is 2.79. The second-order valence-corrected chi connectivity index (χ2v) is 5.80. The van der Waals surface area contributed by atoms with E-state index in [-0.39, 0.29) is 12.4 Å². The van der Waals surface area contributed by atoms with Crippen LogP contribution in [0.2, 0.25) is 0 Å². The number of rotatable bonds is 4. The van der Waals surface area contributed by atoms with Crippen LogP contribution in [0.25, 0.3) is 0 Å². The average molecular weight is 340 g/mol. The molecule has 0 aromatic heterocycles. The molecular weight excluding hydrogens is 323 g/mol. The normalized spacial score (nSPS) is 19.8. The van der Waals surface area contributed by atoms with Gasteiger partial charge >= 0.3 is 12.0 Å². The lowest BCUT2D eigenvalue weighted by molar-refractivity contribution is -0.148. The summed E-state index contributed by atoms with van der Waals surface area (Å²) in [6.45, 7) is 1.75. The highest BCUT2D eigenvalue weighted by Gasteiger charge is 2.37. The van der Waals surface area contributed by atoms with Crippen LogP contribution < -0.4 is 5.32 Å². The van der Waals surface area contributed by atoms with E-state index >= 15 is 0 Å². The molecule has 5 nitrogen and oxygen atoms in total. The Balaban J connectivity index is 1.81. The molecule has 2 aromatic carbocycles. The molecule has 0 aliphatic carbocycles. The number of benzene rings is 2. The largest absolute Gasteiger partial charge is 0.460 e. The highest BCUT2D eigenvalue weighted by molar-refractivity contribution is 6.08. The lowest BCUT2D eigenvalue weighted by Crippen LogP contribution is -2.44. The van der Waals surface area contributed by atoms with E-state index < -0.39 is 24.0 Å². The molecule has 6 heteroatoms. The Morgan fingerprint density at radius 2 is 1.84 bits per heavy atom. The van der Waals surface area contributed by atoms with Crippen LogP contribution in [-0.2, 0) is 16.1 Å². The van der Waals surface area contributed by atoms with Crippen molar-refractivity contribution >= 4 is 17.7 Å². The summed E-state index contributed by atoms with van der Waals surface area (Å²) in [5.74, 6) is -1.63. The summed E-state index contributed by atoms with van der Waals surface area (Å²) in [5, 5.41) is 2.66. The van der Waals surface area contributed by atoms with Gasteiger partial charge in [0.25, 0.3) is 0 Å². The maximum absolute atomic E-state index is 13.2. The number of amides is 2. The Bertz CT molecular complexity index is 803. The maximum Gasteiger partial charge on any atom is 0.341 e. The fourth-order valence-electron chi connectivity index (χ4n) is 2.79. The van der Waals surface area contributed by atoms with Gasteiger partial charge in [-0.1, -0.05) is 42.5 Å². The van der Waals surface area contributed by atoms with Crippen LogP contribution in [0.4, 0.5) is 9.18 Å². The maximum atomic E-state index is 13.2. The van der Waals surface area contributed by atoms with Gasteiger partial charge in [-0.15, -0.1) is 0 Å². The first-order valence-electron chi connectivity index (χ1n) is 7.86. The summed E-state index contributed by atoms with van der Waals surface area (Å²) in [7, 11) is 0. The lowest BCUT2D eigenvalue weighted by Gasteiger charge is -2.29. The van der Waals surface area contributed by atoms with Crippen LogP contribution in [0.1, 0.15) is 24.1 Å². The van der Waals surface area contributed by atoms with Gasteiger partial charge < -0.3 is 10.1 Å². The molecule has 2 amide bonds. The van der Waals surface area contributed by atoms with Gasteiger partial charge in [0.2, 0.25) is 0 Å². The summed E-state index contributed by atoms with van der Waals surface area (Å²) in [6.07, 6.45) is 0. The van der Waals surface area contributed by atoms with E-state index in [1.54, 1.807) is 6.92 Å². The molecule has 1 heterocycles. The van der Waals surface area contributed by atoms with Gasteiger partial charge in [-0.2, -0.15) is 0 Å². The van der Waals surface area contributed by atoms with Crippen molar-refractivity contribution in [3.8, 4) is 0 Å². The van der Waals surface area contributed by atoms with Gasteiger partial charge in [0.1, 0.15) is 18.3 Å². The van der Waals surface area contributed by atoms with Crippen molar-refractivity contribution in [1.29, 1.82) is 0 Å². The van der Waals surface area contributed by atoms with Crippen molar-refractivity contribution in [3.05, 3.63) is 71.5 Å². The van der Waals surface area contributed by atoms with Crippen LogP contribution in [-0.4, -0.2) is 17.7 Å². The topological polar surface area (TPSA) is 67.8 Å². The first-order chi connectivity index (χ1) is 12.0. The van der Waals surface area contributed by atoms with E-state index in [4.69, 9.17) is 4.74 Å². The molecule has 2 atom stereocenters. The number of hydrogen-bond acceptors (Lipinski definition) is 3. The van der Waals surface area contributed by atoms with Gasteiger partial charge in [0, 0.05) is 5.71 Å². The van der Waals surface area contributed by atoms with E-state index in [0.717, 1.165) is 5.56 Å². The molecule has 0 spiro atoms. The van der Waals surface area contributed by atoms with Crippen LogP contribution in [0, 0.1) is 11.7 Å². The summed E-state index contributed by atoms with van der Waals surface area (Å²) in [6, 6.07) is 13.8. The Hall–Kier alpha value is -3.02. The van der Waals surface area contributed by atoms with Crippen molar-refractivity contribution < 1.29 is 18.7 Å². The number of nitrogens with one attached hydrogen (secondary N) is 1. The molecule has 128 valence electrons. The highest BCUT2D eigenvalue weighted by Crippen LogP contribution is 2.28. The molecular formula is C19H17FN2O3. The molecule has 0 fully saturated rings. The van der Waals surface area contributed by atoms with Gasteiger partial charge in [-0.3, -0.25) is 4.79 Å². The van der Waals surface area contributed by atoms with Crippen molar-refractivity contribution in [3.63, 3.8) is 0 Å². The molecule has 1 aliphatic rings. The highest BCUT2D eigenvalue weighted by atomic mass is 19.1. The van der Waals surface area contributed by atoms with E-state index in [1.807, 2.05) is 30.3 Å². The molecule has 0 bridgehead atoms. The Kier molecular flexibility index (Phi) is 4.88. The van der Waals surface area contributed by atoms with E-state index in [0.29, 0.717) is 11.3 Å². The standard InChI is InChI=1S/C19H17FN2O3/c1-12-16(18(23)25-11-13-5-3-2-4-6-13)17(22-19(24)21-12)14-7-9-15(20)10-8-14/h2-10,16-17H,11H2,1H3,(H,22,24). The Morgan fingerprint density at radius 1 is 1.16 bits per heavy atom. The molecule has 0 radical (unpaired) electrons. The van der Waals surface area contributed by atoms with Gasteiger partial charge in [0.15, 0.2) is 0 Å². The number of halogens is 1. The SMILES string of the molecule is CC1=NC(=O)NC(c2ccc(F)cc2)C1C(=O)OCc1ccccc1. The molecule has 0 saturated carbocycles. The number of nitrogens with zero attached hydrogens (tertiary/aromatic N) is 1. The van der Waals surface area contributed by atoms with E-state index in [9.17, 15) is 14.0 Å². The summed E-state index contributed by atoms with van der Waals surface area (Å²) >= 11 is 0. The van der Waals surface area contributed by atoms with Crippen molar-refractivity contribution in [2.24, 2.45) is 10.9 Å². The average Bonchev–Trinajstić information content (AvgIpc) is 2.60. The minimum Gasteiger partial charge on any atom is -0.460 e. The third kappa shape index (κ3) is 3.91. The van der Waals surface area contributed by atoms with Gasteiger partial charge in [-0.25, -0.2) is 14.2 Å². The van der Waals surface area contributed by atoms with Crippen molar-refractivity contribution in [2.75, 3.05) is 0 Å². The summed E-state index contributed by atoms with van der Waals surface area (Å²) in [5.41, 5.74) is 1.85. The second kappa shape index (κ2) is 7.25. The van der Waals surface area contributed by atoms with Gasteiger partial charge in [-0.05, 0) is 30.2 Å². The predicted octanol–water partition coefficient (Wildman–Crippen LogP) is 3.41. The Labute approximate surface area is 144 Å². The number of aliphatic imine (C=N–C) groups is 1. The lowest BCUT2D eigenvalue weighted by atomic mass is 9.88. The number of carbonyl (C=O) groups is 2. The number of carbonyl (C=O) groups excluding carboxylic acids is 2. The Morgan fingerprint density at radius 3 is 2.52 bits per heavy atom. The second-order valence-electron chi connectivity index (χ2n) is 5.80. The zero-order chi connectivity index (χ0) is 17.8. The molecule has 25 heavy (non-hydrogen) atoms. The molecule has 1 aliphatic heterocycles. The number of esters is 1. The monoisotopic (exact) mass is 340 g/mol. The third-order valence-corrected chi connectivity index (χ3v) is 4.05. The molecule has 1 N–H and O–H groups in total. The van der Waals surface area contributed by atoms with Crippen LogP contribution in [0.15, 0.2) is 59.6 Å². The number of ether oxygens (including phenoxy) is 1. The van der Waals surface area contributed by atoms with Crippen LogP contribution in [0.5, 0.6) is 0 Å². The van der Waals surface area contributed by atoms with E-state index in [2.05, 4.69) is 10.3 Å². The molecule has 2 unspecified atom stereocenters. The third-order valence-electron chi connectivity index (χ3n) is 4.05. The number of hydrogen-bond donors (Lipinski definition) is 1. The van der Waals surface area contributed by atoms with Crippen LogP contribution in [0.3, 0.4) is 0 Å². The molecule has 0 saturated heterocycles. The zero-order valence-electron chi connectivity index (χ0n) is 13.6. The molecule has 3 rings (SSSR count). The smallest absolute Gasteiger partial charge is 0.341 e. The first kappa shape index (κ1) is 16.8. The predicted molar refractivity (Wildman–Crippen MR) is 90.5 cm³/mol. The van der Waals surface area contributed by atoms with E-state index in [1.165, 1.54) is 24.3 Å². The summed E-state index contributed by atoms with van der Waals surface area (Å²) < 4.78 is 18.6. The quantitative estimate of drug-likeness (QED) is 0.867. The van der Waals surface area contributed by atoms with Gasteiger partial charge in [0.05, 0.1) is 6.04 Å². The molecule has 2 aromatic rings.